The predicted molar refractivity (Wildman–Crippen MR) is 69.7 cm³/mol. The van der Waals surface area contributed by atoms with E-state index in [9.17, 15) is 0 Å². The van der Waals surface area contributed by atoms with Gasteiger partial charge in [0, 0.05) is 0 Å². The van der Waals surface area contributed by atoms with Gasteiger partial charge in [0.25, 0.3) is 0 Å². The van der Waals surface area contributed by atoms with Gasteiger partial charge in [0.2, 0.25) is 0 Å². The number of amidine groups is 1. The summed E-state index contributed by atoms with van der Waals surface area (Å²) in [5, 5.41) is 9.50. The van der Waals surface area contributed by atoms with Gasteiger partial charge in [0.15, 0.2) is 17.3 Å². The maximum Gasteiger partial charge on any atom is 0.196 e. The summed E-state index contributed by atoms with van der Waals surface area (Å²) in [6.45, 7) is 4.26. The Kier molecular flexibility index (Phi) is 2.79. The molecule has 1 atom stereocenters. The highest BCUT2D eigenvalue weighted by Gasteiger charge is 2.21. The average Bonchev–Trinajstić information content (AvgIpc) is 2.82. The molecule has 1 aliphatic rings. The van der Waals surface area contributed by atoms with Crippen LogP contribution < -0.4 is 10.7 Å². The third-order valence-electron chi connectivity index (χ3n) is 3.14. The number of hydrogen-bond donors (Lipinski definition) is 2. The van der Waals surface area contributed by atoms with Gasteiger partial charge in [-0.05, 0) is 6.92 Å². The summed E-state index contributed by atoms with van der Waals surface area (Å²) in [6, 6.07) is 0.263. The molecule has 0 bridgehead atoms. The lowest BCUT2D eigenvalue weighted by molar-refractivity contribution is 0.0860. The van der Waals surface area contributed by atoms with E-state index in [0.29, 0.717) is 18.9 Å². The molecule has 100 valence electrons. The Morgan fingerprint density at radius 1 is 1.53 bits per heavy atom. The largest absolute Gasteiger partial charge is 0.381 e. The Labute approximate surface area is 109 Å². The number of ether oxygens (including phenoxy) is 1. The van der Waals surface area contributed by atoms with Crippen molar-refractivity contribution >= 4 is 17.0 Å². The molecule has 1 saturated heterocycles. The molecule has 1 aliphatic heterocycles. The highest BCUT2D eigenvalue weighted by molar-refractivity contribution is 5.92. The van der Waals surface area contributed by atoms with Crippen molar-refractivity contribution in [2.45, 2.75) is 13.0 Å². The zero-order valence-electron chi connectivity index (χ0n) is 10.6. The van der Waals surface area contributed by atoms with Gasteiger partial charge in [-0.3, -0.25) is 5.41 Å². The molecule has 0 aliphatic carbocycles. The lowest BCUT2D eigenvalue weighted by atomic mass is 10.3. The van der Waals surface area contributed by atoms with Gasteiger partial charge in [0.05, 0.1) is 32.0 Å². The molecule has 2 aromatic rings. The van der Waals surface area contributed by atoms with E-state index in [-0.39, 0.29) is 17.7 Å². The van der Waals surface area contributed by atoms with Crippen LogP contribution in [0.25, 0.3) is 11.2 Å². The first-order valence-electron chi connectivity index (χ1n) is 6.06. The summed E-state index contributed by atoms with van der Waals surface area (Å²) in [5.74, 6) is 0.0453. The van der Waals surface area contributed by atoms with Crippen LogP contribution in [0, 0.1) is 5.41 Å². The third kappa shape index (κ3) is 1.99. The third-order valence-corrected chi connectivity index (χ3v) is 3.14. The van der Waals surface area contributed by atoms with Gasteiger partial charge in [-0.25, -0.2) is 19.6 Å². The van der Waals surface area contributed by atoms with Crippen molar-refractivity contribution in [1.29, 1.82) is 5.41 Å². The smallest absolute Gasteiger partial charge is 0.196 e. The van der Waals surface area contributed by atoms with E-state index in [1.807, 2.05) is 4.68 Å². The first kappa shape index (κ1) is 11.8. The van der Waals surface area contributed by atoms with Crippen LogP contribution in [0.15, 0.2) is 12.5 Å². The van der Waals surface area contributed by atoms with E-state index >= 15 is 0 Å². The van der Waals surface area contributed by atoms with Crippen molar-refractivity contribution in [3.8, 4) is 0 Å². The molecule has 0 saturated carbocycles. The zero-order chi connectivity index (χ0) is 13.4. The molecule has 3 rings (SSSR count). The number of imidazole rings is 1. The number of nitrogens with two attached hydrogens (primary N) is 1. The quantitative estimate of drug-likeness (QED) is 0.556. The molecule has 8 nitrogen and oxygen atoms in total. The van der Waals surface area contributed by atoms with Crippen molar-refractivity contribution in [2.75, 3.05) is 24.8 Å². The Morgan fingerprint density at radius 2 is 2.37 bits per heavy atom. The molecule has 0 radical (unpaired) electrons. The van der Waals surface area contributed by atoms with E-state index in [1.165, 1.54) is 0 Å². The van der Waals surface area contributed by atoms with Gasteiger partial charge in [-0.15, -0.1) is 0 Å². The van der Waals surface area contributed by atoms with E-state index in [0.717, 1.165) is 12.1 Å². The maximum atomic E-state index is 7.34. The molecule has 19 heavy (non-hydrogen) atoms. The molecule has 0 spiro atoms. The van der Waals surface area contributed by atoms with Crippen molar-refractivity contribution < 1.29 is 4.74 Å². The summed E-state index contributed by atoms with van der Waals surface area (Å²) < 4.78 is 7.36. The highest BCUT2D eigenvalue weighted by atomic mass is 16.5. The van der Waals surface area contributed by atoms with Crippen molar-refractivity contribution in [3.05, 3.63) is 18.3 Å². The fourth-order valence-corrected chi connectivity index (χ4v) is 2.17. The van der Waals surface area contributed by atoms with Gasteiger partial charge in [0.1, 0.15) is 11.8 Å². The minimum Gasteiger partial charge on any atom is -0.381 e. The van der Waals surface area contributed by atoms with Crippen LogP contribution in [0.5, 0.6) is 0 Å². The second-order valence-corrected chi connectivity index (χ2v) is 4.49. The molecule has 0 unspecified atom stereocenters. The van der Waals surface area contributed by atoms with Crippen LogP contribution in [0.4, 0.5) is 0 Å². The Bertz CT molecular complexity index is 623. The Balaban J connectivity index is 2.03. The van der Waals surface area contributed by atoms with Crippen LogP contribution in [0.3, 0.4) is 0 Å². The summed E-state index contributed by atoms with van der Waals surface area (Å²) in [5.41, 5.74) is 6.72. The number of aromatic nitrogens is 4. The van der Waals surface area contributed by atoms with Gasteiger partial charge in [-0.1, -0.05) is 0 Å². The molecule has 1 fully saturated rings. The van der Waals surface area contributed by atoms with E-state index < -0.39 is 0 Å². The average molecular weight is 261 g/mol. The minimum absolute atomic E-state index is 0.156. The first-order chi connectivity index (χ1) is 9.16. The lowest BCUT2D eigenvalue weighted by Crippen LogP contribution is -2.50. The standard InChI is InChI=1S/C11H15N7O/c1-7-5-19-3-2-17(7)18-6-15-10-8(18)4-14-11(16-10)9(12)13/h4,6-7H,2-3,5H2,1H3,(H3,12,13)/t7-/m1/s1. The number of rotatable bonds is 2. The molecule has 0 amide bonds. The van der Waals surface area contributed by atoms with Gasteiger partial charge >= 0.3 is 0 Å². The van der Waals surface area contributed by atoms with E-state index in [1.54, 1.807) is 12.5 Å². The molecular weight excluding hydrogens is 246 g/mol. The molecule has 2 aromatic heterocycles. The highest BCUT2D eigenvalue weighted by Crippen LogP contribution is 2.13. The Morgan fingerprint density at radius 3 is 3.11 bits per heavy atom. The molecule has 8 heteroatoms. The van der Waals surface area contributed by atoms with Crippen molar-refractivity contribution in [2.24, 2.45) is 5.73 Å². The topological polar surface area (TPSA) is 106 Å². The van der Waals surface area contributed by atoms with Crippen LogP contribution in [0.2, 0.25) is 0 Å². The second kappa shape index (κ2) is 4.47. The lowest BCUT2D eigenvalue weighted by Gasteiger charge is -2.35. The Hall–Kier alpha value is -2.22. The van der Waals surface area contributed by atoms with Crippen molar-refractivity contribution in [1.82, 2.24) is 19.6 Å². The molecular formula is C11H15N7O. The fourth-order valence-electron chi connectivity index (χ4n) is 2.17. The summed E-state index contributed by atoms with van der Waals surface area (Å²) >= 11 is 0. The van der Waals surface area contributed by atoms with Crippen LogP contribution >= 0.6 is 0 Å². The summed E-state index contributed by atoms with van der Waals surface area (Å²) in [4.78, 5) is 12.5. The zero-order valence-corrected chi connectivity index (χ0v) is 10.6. The number of morpholine rings is 1. The van der Waals surface area contributed by atoms with E-state index in [2.05, 4.69) is 26.9 Å². The predicted octanol–water partition coefficient (Wildman–Crippen LogP) is -0.533. The molecule has 0 aromatic carbocycles. The maximum absolute atomic E-state index is 7.34. The fraction of sp³-hybridized carbons (Fsp3) is 0.455. The number of nitrogens with one attached hydrogen (secondary N) is 1. The number of hydrogen-bond acceptors (Lipinski definition) is 6. The number of nitrogens with zero attached hydrogens (tertiary/aromatic N) is 5. The van der Waals surface area contributed by atoms with Gasteiger partial charge in [-0.2, -0.15) is 0 Å². The first-order valence-corrected chi connectivity index (χ1v) is 6.06. The normalized spacial score (nSPS) is 19.8. The minimum atomic E-state index is -0.156. The summed E-state index contributed by atoms with van der Waals surface area (Å²) in [7, 11) is 0. The van der Waals surface area contributed by atoms with Crippen LogP contribution in [0.1, 0.15) is 12.7 Å². The second-order valence-electron chi connectivity index (χ2n) is 4.49. The molecule has 3 N–H and O–H groups in total. The number of nitrogen functional groups attached to an aromatic ring is 1. The molecule has 3 heterocycles. The van der Waals surface area contributed by atoms with Crippen LogP contribution in [-0.4, -0.2) is 51.3 Å². The SMILES string of the molecule is C[C@@H]1COCCN1n1cnc2nc(C(=N)N)ncc21. The van der Waals surface area contributed by atoms with Gasteiger partial charge < -0.3 is 15.5 Å². The summed E-state index contributed by atoms with van der Waals surface area (Å²) in [6.07, 6.45) is 3.36. The van der Waals surface area contributed by atoms with Crippen molar-refractivity contribution in [3.63, 3.8) is 0 Å². The number of fused-ring (bicyclic) bond motifs is 1. The van der Waals surface area contributed by atoms with E-state index in [4.69, 9.17) is 15.9 Å². The monoisotopic (exact) mass is 261 g/mol. The van der Waals surface area contributed by atoms with Crippen LogP contribution in [-0.2, 0) is 4.74 Å².